The summed E-state index contributed by atoms with van der Waals surface area (Å²) in [5, 5.41) is 8.73. The Kier molecular flexibility index (Phi) is 3.28. The normalized spacial score (nSPS) is 28.1. The number of amides is 1. The molecule has 1 saturated carbocycles. The Labute approximate surface area is 77.5 Å². The minimum atomic E-state index is -0.712. The molecule has 73 valence electrons. The summed E-state index contributed by atoms with van der Waals surface area (Å²) in [5.41, 5.74) is 0. The van der Waals surface area contributed by atoms with Crippen molar-refractivity contribution in [3.8, 4) is 0 Å². The fraction of sp³-hybridized carbons (Fsp3) is 0.778. The van der Waals surface area contributed by atoms with Crippen LogP contribution in [0, 0.1) is 5.92 Å². The fourth-order valence-corrected chi connectivity index (χ4v) is 1.78. The molecule has 0 spiro atoms. The lowest BCUT2D eigenvalue weighted by Gasteiger charge is -2.30. The lowest BCUT2D eigenvalue weighted by Crippen LogP contribution is -2.35. The number of hydrogen-bond donors (Lipinski definition) is 1. The second-order valence-electron chi connectivity index (χ2n) is 3.55. The molecule has 0 aromatic carbocycles. The second-order valence-corrected chi connectivity index (χ2v) is 3.55. The molecule has 1 aliphatic carbocycles. The third-order valence-corrected chi connectivity index (χ3v) is 2.74. The van der Waals surface area contributed by atoms with Gasteiger partial charge in [-0.15, -0.1) is 0 Å². The van der Waals surface area contributed by atoms with Crippen LogP contribution in [-0.2, 0) is 9.59 Å². The summed E-state index contributed by atoms with van der Waals surface area (Å²) in [4.78, 5) is 22.4. The molecular weight excluding hydrogens is 170 g/mol. The quantitative estimate of drug-likeness (QED) is 0.654. The first-order valence-electron chi connectivity index (χ1n) is 4.48. The van der Waals surface area contributed by atoms with Crippen molar-refractivity contribution in [3.05, 3.63) is 0 Å². The Balaban J connectivity index is 2.38. The third kappa shape index (κ3) is 2.44. The molecule has 0 aromatic heterocycles. The van der Waals surface area contributed by atoms with Gasteiger partial charge in [-0.2, -0.15) is 0 Å². The lowest BCUT2D eigenvalue weighted by molar-refractivity contribution is -0.143. The summed E-state index contributed by atoms with van der Waals surface area (Å²) in [7, 11) is 1.69. The number of carbonyl (C=O) groups is 1. The van der Waals surface area contributed by atoms with Crippen LogP contribution >= 0.6 is 0 Å². The number of nitrogens with zero attached hydrogens (tertiary/aromatic N) is 1. The monoisotopic (exact) mass is 184 g/mol. The zero-order chi connectivity index (χ0) is 9.84. The van der Waals surface area contributed by atoms with Crippen molar-refractivity contribution >= 4 is 12.4 Å². The van der Waals surface area contributed by atoms with Crippen LogP contribution in [0.1, 0.15) is 25.7 Å². The molecule has 0 unspecified atom stereocenters. The minimum Gasteiger partial charge on any atom is -0.481 e. The van der Waals surface area contributed by atoms with E-state index >= 15 is 0 Å². The van der Waals surface area contributed by atoms with Gasteiger partial charge in [-0.05, 0) is 25.7 Å². The Hall–Kier alpha value is -1.06. The molecule has 0 aromatic rings. The van der Waals surface area contributed by atoms with Gasteiger partial charge in [-0.25, -0.2) is 0 Å². The van der Waals surface area contributed by atoms with Crippen molar-refractivity contribution in [1.82, 2.24) is 4.90 Å². The lowest BCUT2D eigenvalue weighted by atomic mass is 9.86. The first-order chi connectivity index (χ1) is 6.15. The molecule has 1 radical (unpaired) electrons. The van der Waals surface area contributed by atoms with Gasteiger partial charge < -0.3 is 10.0 Å². The van der Waals surface area contributed by atoms with E-state index in [1.165, 1.54) is 4.90 Å². The molecular formula is C9H14NO3. The van der Waals surface area contributed by atoms with Crippen LogP contribution in [0.5, 0.6) is 0 Å². The number of rotatable bonds is 3. The van der Waals surface area contributed by atoms with Crippen LogP contribution in [0.15, 0.2) is 0 Å². The van der Waals surface area contributed by atoms with Gasteiger partial charge >= 0.3 is 12.4 Å². The summed E-state index contributed by atoms with van der Waals surface area (Å²) in [6.07, 6.45) is 4.72. The molecule has 1 rings (SSSR count). The van der Waals surface area contributed by atoms with E-state index in [2.05, 4.69) is 0 Å². The van der Waals surface area contributed by atoms with Gasteiger partial charge in [0.2, 0.25) is 0 Å². The van der Waals surface area contributed by atoms with Gasteiger partial charge in [0, 0.05) is 13.1 Å². The largest absolute Gasteiger partial charge is 0.481 e. The van der Waals surface area contributed by atoms with Gasteiger partial charge in [-0.1, -0.05) is 0 Å². The van der Waals surface area contributed by atoms with E-state index in [-0.39, 0.29) is 12.0 Å². The summed E-state index contributed by atoms with van der Waals surface area (Å²) in [6.45, 7) is 0. The van der Waals surface area contributed by atoms with Crippen molar-refractivity contribution in [1.29, 1.82) is 0 Å². The van der Waals surface area contributed by atoms with Crippen LogP contribution in [-0.4, -0.2) is 35.5 Å². The highest BCUT2D eigenvalue weighted by Gasteiger charge is 2.27. The van der Waals surface area contributed by atoms with E-state index in [4.69, 9.17) is 5.11 Å². The van der Waals surface area contributed by atoms with Gasteiger partial charge in [0.15, 0.2) is 0 Å². The summed E-state index contributed by atoms with van der Waals surface area (Å²) >= 11 is 0. The van der Waals surface area contributed by atoms with Crippen molar-refractivity contribution in [2.75, 3.05) is 7.05 Å². The van der Waals surface area contributed by atoms with Gasteiger partial charge in [0.1, 0.15) is 0 Å². The molecule has 4 heteroatoms. The molecule has 1 fully saturated rings. The highest BCUT2D eigenvalue weighted by atomic mass is 16.4. The second kappa shape index (κ2) is 4.25. The van der Waals surface area contributed by atoms with E-state index in [1.807, 2.05) is 6.41 Å². The smallest absolute Gasteiger partial charge is 0.312 e. The third-order valence-electron chi connectivity index (χ3n) is 2.74. The van der Waals surface area contributed by atoms with Crippen molar-refractivity contribution in [3.63, 3.8) is 0 Å². The average Bonchev–Trinajstić information content (AvgIpc) is 2.17. The number of aliphatic carboxylic acids is 1. The van der Waals surface area contributed by atoms with Crippen LogP contribution in [0.4, 0.5) is 0 Å². The minimum absolute atomic E-state index is 0.188. The van der Waals surface area contributed by atoms with Gasteiger partial charge in [0.25, 0.3) is 0 Å². The Morgan fingerprint density at radius 2 is 1.92 bits per heavy atom. The van der Waals surface area contributed by atoms with Crippen molar-refractivity contribution < 1.29 is 14.7 Å². The summed E-state index contributed by atoms with van der Waals surface area (Å²) < 4.78 is 0. The van der Waals surface area contributed by atoms with Gasteiger partial charge in [-0.3, -0.25) is 9.59 Å². The van der Waals surface area contributed by atoms with E-state index in [0.29, 0.717) is 12.8 Å². The van der Waals surface area contributed by atoms with Crippen LogP contribution in [0.3, 0.4) is 0 Å². The molecule has 1 N–H and O–H groups in total. The van der Waals surface area contributed by atoms with Crippen LogP contribution in [0.2, 0.25) is 0 Å². The van der Waals surface area contributed by atoms with Gasteiger partial charge in [0.05, 0.1) is 5.92 Å². The van der Waals surface area contributed by atoms with Crippen molar-refractivity contribution in [2.24, 2.45) is 5.92 Å². The molecule has 0 atom stereocenters. The summed E-state index contributed by atoms with van der Waals surface area (Å²) in [5.74, 6) is -0.924. The highest BCUT2D eigenvalue weighted by molar-refractivity contribution is 5.70. The average molecular weight is 184 g/mol. The van der Waals surface area contributed by atoms with E-state index in [9.17, 15) is 9.59 Å². The van der Waals surface area contributed by atoms with E-state index in [1.54, 1.807) is 7.05 Å². The maximum absolute atomic E-state index is 10.6. The van der Waals surface area contributed by atoms with Crippen LogP contribution < -0.4 is 0 Å². The Morgan fingerprint density at radius 3 is 2.31 bits per heavy atom. The maximum atomic E-state index is 10.6. The fourth-order valence-electron chi connectivity index (χ4n) is 1.78. The molecule has 1 amide bonds. The zero-order valence-electron chi connectivity index (χ0n) is 7.69. The summed E-state index contributed by atoms with van der Waals surface area (Å²) in [6, 6.07) is 0.188. The molecule has 0 saturated heterocycles. The topological polar surface area (TPSA) is 57.6 Å². The maximum Gasteiger partial charge on any atom is 0.312 e. The molecule has 0 aliphatic heterocycles. The molecule has 4 nitrogen and oxygen atoms in total. The molecule has 1 aliphatic rings. The number of carboxylic acids is 1. The predicted molar refractivity (Wildman–Crippen MR) is 46.8 cm³/mol. The highest BCUT2D eigenvalue weighted by Crippen LogP contribution is 2.26. The van der Waals surface area contributed by atoms with Crippen LogP contribution in [0.25, 0.3) is 0 Å². The van der Waals surface area contributed by atoms with E-state index < -0.39 is 5.97 Å². The Bertz CT molecular complexity index is 197. The number of hydrogen-bond acceptors (Lipinski definition) is 2. The molecule has 13 heavy (non-hydrogen) atoms. The molecule has 0 bridgehead atoms. The zero-order valence-corrected chi connectivity index (χ0v) is 7.69. The number of carboxylic acid groups (broad SMARTS) is 1. The first kappa shape index (κ1) is 10.0. The SMILES string of the molecule is CN([C]=O)C1CCC(C(=O)O)CC1. The van der Waals surface area contributed by atoms with E-state index in [0.717, 1.165) is 12.8 Å². The molecule has 0 heterocycles. The predicted octanol–water partition coefficient (Wildman–Crippen LogP) is 0.629. The Morgan fingerprint density at radius 1 is 1.38 bits per heavy atom. The van der Waals surface area contributed by atoms with Crippen molar-refractivity contribution in [2.45, 2.75) is 31.7 Å². The standard InChI is InChI=1S/C9H14NO3/c1-10(6-11)8-4-2-7(3-5-8)9(12)13/h7-8H,2-5H2,1H3,(H,12,13). The number of carbonyl (C=O) groups excluding carboxylic acids is 1. The first-order valence-corrected chi connectivity index (χ1v) is 4.48.